The van der Waals surface area contributed by atoms with E-state index in [0.29, 0.717) is 5.82 Å². The van der Waals surface area contributed by atoms with Crippen LogP contribution in [0.4, 0.5) is 19.0 Å². The normalized spacial score (nSPS) is 24.9. The van der Waals surface area contributed by atoms with Crippen molar-refractivity contribution in [3.8, 4) is 0 Å². The van der Waals surface area contributed by atoms with Crippen LogP contribution in [0.1, 0.15) is 25.0 Å². The Balaban J connectivity index is 1.99. The summed E-state index contributed by atoms with van der Waals surface area (Å²) in [5.74, 6) is 0.358. The van der Waals surface area contributed by atoms with E-state index < -0.39 is 11.9 Å². The molecule has 2 atom stereocenters. The summed E-state index contributed by atoms with van der Waals surface area (Å²) in [4.78, 5) is 7.03. The van der Waals surface area contributed by atoms with Gasteiger partial charge in [0, 0.05) is 12.1 Å². The monoisotopic (exact) mass is 246 g/mol. The number of hydrogen-bond acceptors (Lipinski definition) is 4. The molecule has 1 heterocycles. The van der Waals surface area contributed by atoms with Crippen molar-refractivity contribution in [1.82, 2.24) is 9.97 Å². The van der Waals surface area contributed by atoms with Gasteiger partial charge in [-0.2, -0.15) is 13.2 Å². The maximum Gasteiger partial charge on any atom is 0.434 e. The minimum Gasteiger partial charge on any atom is -0.366 e. The lowest BCUT2D eigenvalue weighted by molar-refractivity contribution is -0.141. The summed E-state index contributed by atoms with van der Waals surface area (Å²) in [5.41, 5.74) is 4.75. The molecule has 1 aromatic heterocycles. The van der Waals surface area contributed by atoms with Crippen LogP contribution in [0, 0.1) is 0 Å². The summed E-state index contributed by atoms with van der Waals surface area (Å²) < 4.78 is 36.7. The number of nitrogens with zero attached hydrogens (tertiary/aromatic N) is 2. The molecule has 1 aliphatic carbocycles. The number of nitrogens with two attached hydrogens (primary N) is 1. The SMILES string of the molecule is NC1CCC(Nc2cnc(C(F)(F)F)cn2)C1. The number of halogens is 3. The summed E-state index contributed by atoms with van der Waals surface area (Å²) in [6.07, 6.45) is 0.0312. The van der Waals surface area contributed by atoms with Gasteiger partial charge in [-0.05, 0) is 19.3 Å². The molecular weight excluding hydrogens is 233 g/mol. The Bertz CT molecular complexity index is 376. The molecule has 0 spiro atoms. The van der Waals surface area contributed by atoms with Crippen LogP contribution in [-0.2, 0) is 6.18 Å². The number of nitrogens with one attached hydrogen (secondary N) is 1. The fraction of sp³-hybridized carbons (Fsp3) is 0.600. The predicted octanol–water partition coefficient (Wildman–Crippen LogP) is 1.79. The molecule has 2 unspecified atom stereocenters. The average molecular weight is 246 g/mol. The van der Waals surface area contributed by atoms with Gasteiger partial charge < -0.3 is 11.1 Å². The molecule has 1 saturated carbocycles. The first-order valence-corrected chi connectivity index (χ1v) is 5.36. The summed E-state index contributed by atoms with van der Waals surface area (Å²) in [6.45, 7) is 0. The molecule has 0 amide bonds. The smallest absolute Gasteiger partial charge is 0.366 e. The zero-order valence-electron chi connectivity index (χ0n) is 9.04. The highest BCUT2D eigenvalue weighted by molar-refractivity contribution is 5.33. The fourth-order valence-electron chi connectivity index (χ4n) is 1.91. The van der Waals surface area contributed by atoms with E-state index in [9.17, 15) is 13.2 Å². The van der Waals surface area contributed by atoms with Crippen molar-refractivity contribution in [1.29, 1.82) is 0 Å². The highest BCUT2D eigenvalue weighted by atomic mass is 19.4. The van der Waals surface area contributed by atoms with Crippen molar-refractivity contribution < 1.29 is 13.2 Å². The second-order valence-electron chi connectivity index (χ2n) is 4.20. The number of aromatic nitrogens is 2. The van der Waals surface area contributed by atoms with Gasteiger partial charge in [0.15, 0.2) is 5.69 Å². The second-order valence-corrected chi connectivity index (χ2v) is 4.20. The Hall–Kier alpha value is -1.37. The largest absolute Gasteiger partial charge is 0.434 e. The minimum absolute atomic E-state index is 0.162. The Kier molecular flexibility index (Phi) is 3.19. The predicted molar refractivity (Wildman–Crippen MR) is 56.3 cm³/mol. The molecule has 0 aromatic carbocycles. The van der Waals surface area contributed by atoms with E-state index >= 15 is 0 Å². The summed E-state index contributed by atoms with van der Waals surface area (Å²) in [6, 6.07) is 0.339. The van der Waals surface area contributed by atoms with E-state index in [1.165, 1.54) is 0 Å². The van der Waals surface area contributed by atoms with Gasteiger partial charge in [-0.1, -0.05) is 0 Å². The Morgan fingerprint density at radius 2 is 2.00 bits per heavy atom. The molecule has 0 radical (unpaired) electrons. The molecule has 0 aliphatic heterocycles. The Morgan fingerprint density at radius 3 is 2.47 bits per heavy atom. The van der Waals surface area contributed by atoms with Crippen LogP contribution < -0.4 is 11.1 Å². The highest BCUT2D eigenvalue weighted by Gasteiger charge is 2.32. The van der Waals surface area contributed by atoms with Crippen LogP contribution in [0.25, 0.3) is 0 Å². The van der Waals surface area contributed by atoms with E-state index in [1.807, 2.05) is 0 Å². The average Bonchev–Trinajstić information content (AvgIpc) is 2.63. The number of anilines is 1. The maximum atomic E-state index is 12.2. The van der Waals surface area contributed by atoms with Crippen LogP contribution in [-0.4, -0.2) is 22.1 Å². The number of alkyl halides is 3. The van der Waals surface area contributed by atoms with Crippen LogP contribution >= 0.6 is 0 Å². The lowest BCUT2D eigenvalue weighted by Crippen LogP contribution is -2.21. The summed E-state index contributed by atoms with van der Waals surface area (Å²) in [7, 11) is 0. The van der Waals surface area contributed by atoms with Crippen molar-refractivity contribution >= 4 is 5.82 Å². The quantitative estimate of drug-likeness (QED) is 0.835. The highest BCUT2D eigenvalue weighted by Crippen LogP contribution is 2.27. The topological polar surface area (TPSA) is 63.8 Å². The third-order valence-corrected chi connectivity index (χ3v) is 2.77. The number of hydrogen-bond donors (Lipinski definition) is 2. The van der Waals surface area contributed by atoms with Crippen LogP contribution in [0.5, 0.6) is 0 Å². The molecule has 2 rings (SSSR count). The zero-order chi connectivity index (χ0) is 12.5. The van der Waals surface area contributed by atoms with Gasteiger partial charge in [-0.15, -0.1) is 0 Å². The van der Waals surface area contributed by atoms with E-state index in [2.05, 4.69) is 15.3 Å². The van der Waals surface area contributed by atoms with Gasteiger partial charge in [0.2, 0.25) is 0 Å². The molecule has 7 heteroatoms. The van der Waals surface area contributed by atoms with Crippen molar-refractivity contribution in [2.24, 2.45) is 5.73 Å². The fourth-order valence-corrected chi connectivity index (χ4v) is 1.91. The first-order valence-electron chi connectivity index (χ1n) is 5.36. The standard InChI is InChI=1S/C10H13F3N4/c11-10(12,13)8-4-16-9(5-15-8)17-7-2-1-6(14)3-7/h4-7H,1-3,14H2,(H,16,17). The lowest BCUT2D eigenvalue weighted by Gasteiger charge is -2.13. The van der Waals surface area contributed by atoms with Gasteiger partial charge in [0.25, 0.3) is 0 Å². The van der Waals surface area contributed by atoms with Gasteiger partial charge >= 0.3 is 6.18 Å². The van der Waals surface area contributed by atoms with E-state index in [-0.39, 0.29) is 12.1 Å². The van der Waals surface area contributed by atoms with E-state index in [4.69, 9.17) is 5.73 Å². The molecule has 1 aromatic rings. The molecule has 0 bridgehead atoms. The number of rotatable bonds is 2. The van der Waals surface area contributed by atoms with Crippen molar-refractivity contribution in [3.63, 3.8) is 0 Å². The van der Waals surface area contributed by atoms with E-state index in [1.54, 1.807) is 0 Å². The van der Waals surface area contributed by atoms with Gasteiger partial charge in [0.1, 0.15) is 5.82 Å². The maximum absolute atomic E-state index is 12.2. The van der Waals surface area contributed by atoms with Gasteiger partial charge in [-0.25, -0.2) is 9.97 Å². The van der Waals surface area contributed by atoms with E-state index in [0.717, 1.165) is 31.7 Å². The molecule has 94 valence electrons. The molecule has 1 fully saturated rings. The minimum atomic E-state index is -4.44. The van der Waals surface area contributed by atoms with Crippen molar-refractivity contribution in [3.05, 3.63) is 18.1 Å². The van der Waals surface area contributed by atoms with Crippen LogP contribution in [0.2, 0.25) is 0 Å². The first kappa shape index (κ1) is 12.1. The summed E-state index contributed by atoms with van der Waals surface area (Å²) >= 11 is 0. The molecule has 1 aliphatic rings. The van der Waals surface area contributed by atoms with Gasteiger partial charge in [0.05, 0.1) is 12.4 Å². The molecular formula is C10H13F3N4. The Labute approximate surface area is 96.4 Å². The van der Waals surface area contributed by atoms with Crippen LogP contribution in [0.15, 0.2) is 12.4 Å². The molecule has 3 N–H and O–H groups in total. The lowest BCUT2D eigenvalue weighted by atomic mass is 10.2. The first-order chi connectivity index (χ1) is 7.95. The molecule has 17 heavy (non-hydrogen) atoms. The third kappa shape index (κ3) is 3.06. The summed E-state index contributed by atoms with van der Waals surface area (Å²) in [5, 5.41) is 3.03. The third-order valence-electron chi connectivity index (χ3n) is 2.77. The van der Waals surface area contributed by atoms with Crippen molar-refractivity contribution in [2.75, 3.05) is 5.32 Å². The molecule has 4 nitrogen and oxygen atoms in total. The molecule has 0 saturated heterocycles. The Morgan fingerprint density at radius 1 is 1.24 bits per heavy atom. The van der Waals surface area contributed by atoms with Crippen molar-refractivity contribution in [2.45, 2.75) is 37.5 Å². The van der Waals surface area contributed by atoms with Crippen LogP contribution in [0.3, 0.4) is 0 Å². The van der Waals surface area contributed by atoms with Gasteiger partial charge in [-0.3, -0.25) is 0 Å². The second kappa shape index (κ2) is 4.48. The zero-order valence-corrected chi connectivity index (χ0v) is 9.04.